The minimum absolute atomic E-state index is 0.281. The van der Waals surface area contributed by atoms with Crippen LogP contribution in [0.1, 0.15) is 90.4 Å². The molecule has 0 heterocycles. The molecule has 0 aromatic rings. The third-order valence-electron chi connectivity index (χ3n) is 5.55. The number of methoxy groups -OCH3 is 1. The van der Waals surface area contributed by atoms with Crippen molar-refractivity contribution in [3.8, 4) is 0 Å². The van der Waals surface area contributed by atoms with E-state index in [2.05, 4.69) is 17.7 Å². The highest BCUT2D eigenvalue weighted by atomic mass is 16.5. The quantitative estimate of drug-likeness (QED) is 0.267. The lowest BCUT2D eigenvalue weighted by Crippen LogP contribution is -2.21. The van der Waals surface area contributed by atoms with Crippen molar-refractivity contribution in [2.45, 2.75) is 96.5 Å². The first-order chi connectivity index (χ1) is 12.6. The number of ether oxygens (including phenoxy) is 1. The molecule has 1 fully saturated rings. The summed E-state index contributed by atoms with van der Waals surface area (Å²) >= 11 is 0. The first-order valence-corrected chi connectivity index (χ1v) is 10.5. The minimum Gasteiger partial charge on any atom is -0.467 e. The Kier molecular flexibility index (Phi) is 12.3. The van der Waals surface area contributed by atoms with Crippen LogP contribution in [0, 0.1) is 11.8 Å². The second kappa shape index (κ2) is 14.0. The molecule has 1 N–H and O–H groups in total. The number of esters is 1. The van der Waals surface area contributed by atoms with Crippen molar-refractivity contribution < 1.29 is 19.4 Å². The van der Waals surface area contributed by atoms with Gasteiger partial charge in [-0.25, -0.2) is 4.79 Å². The number of aliphatic hydroxyl groups excluding tert-OH is 1. The van der Waals surface area contributed by atoms with Crippen molar-refractivity contribution >= 4 is 11.8 Å². The van der Waals surface area contributed by atoms with E-state index in [0.717, 1.165) is 32.1 Å². The predicted molar refractivity (Wildman–Crippen MR) is 105 cm³/mol. The van der Waals surface area contributed by atoms with Crippen LogP contribution in [0.15, 0.2) is 12.2 Å². The maximum atomic E-state index is 12.0. The van der Waals surface area contributed by atoms with Crippen LogP contribution in [0.25, 0.3) is 0 Å². The van der Waals surface area contributed by atoms with Gasteiger partial charge in [-0.3, -0.25) is 4.79 Å². The summed E-state index contributed by atoms with van der Waals surface area (Å²) in [6.45, 7) is 2.18. The zero-order chi connectivity index (χ0) is 19.2. The Morgan fingerprint density at radius 2 is 1.88 bits per heavy atom. The first-order valence-electron chi connectivity index (χ1n) is 10.5. The van der Waals surface area contributed by atoms with Crippen molar-refractivity contribution in [2.24, 2.45) is 11.8 Å². The molecule has 0 aromatic heterocycles. The number of aliphatic hydroxyl groups is 1. The van der Waals surface area contributed by atoms with Crippen molar-refractivity contribution in [1.29, 1.82) is 0 Å². The van der Waals surface area contributed by atoms with Gasteiger partial charge in [0.1, 0.15) is 0 Å². The van der Waals surface area contributed by atoms with Crippen LogP contribution in [0.5, 0.6) is 0 Å². The first kappa shape index (κ1) is 22.9. The molecule has 0 aromatic carbocycles. The number of carbonyl (C=O) groups is 2. The van der Waals surface area contributed by atoms with Crippen LogP contribution in [0.2, 0.25) is 0 Å². The molecule has 1 aliphatic rings. The summed E-state index contributed by atoms with van der Waals surface area (Å²) in [6.07, 6.45) is 16.7. The molecule has 0 bridgehead atoms. The summed E-state index contributed by atoms with van der Waals surface area (Å²) < 4.78 is 4.52. The largest absolute Gasteiger partial charge is 0.467 e. The van der Waals surface area contributed by atoms with E-state index in [1.54, 1.807) is 0 Å². The van der Waals surface area contributed by atoms with E-state index in [1.807, 2.05) is 6.08 Å². The molecule has 3 atom stereocenters. The molecule has 0 radical (unpaired) electrons. The van der Waals surface area contributed by atoms with Gasteiger partial charge in [-0.15, -0.1) is 0 Å². The lowest BCUT2D eigenvalue weighted by Gasteiger charge is -2.16. The fourth-order valence-corrected chi connectivity index (χ4v) is 3.89. The normalized spacial score (nSPS) is 21.2. The molecule has 1 unspecified atom stereocenters. The molecule has 1 aliphatic carbocycles. The Balaban J connectivity index is 2.19. The lowest BCUT2D eigenvalue weighted by atomic mass is 9.90. The molecule has 0 saturated heterocycles. The minimum atomic E-state index is -0.981. The van der Waals surface area contributed by atoms with Gasteiger partial charge in [0, 0.05) is 6.42 Å². The topological polar surface area (TPSA) is 63.6 Å². The standard InChI is InChI=1S/C22H38O4/c1-3-4-5-8-14-20(23)17-16-19-13-10-12-18(19)11-7-6-9-15-21(24)22(25)26-2/h16-19,21,24H,3-15H2,1-2H3/t18-,19+,21?/m0/s1. The van der Waals surface area contributed by atoms with E-state index in [0.29, 0.717) is 24.7 Å². The second-order valence-corrected chi connectivity index (χ2v) is 7.67. The summed E-state index contributed by atoms with van der Waals surface area (Å²) in [4.78, 5) is 23.1. The van der Waals surface area contributed by atoms with Gasteiger partial charge in [0.15, 0.2) is 11.9 Å². The van der Waals surface area contributed by atoms with Crippen LogP contribution in [-0.2, 0) is 14.3 Å². The van der Waals surface area contributed by atoms with Gasteiger partial charge in [0.25, 0.3) is 0 Å². The van der Waals surface area contributed by atoms with E-state index >= 15 is 0 Å². The number of carbonyl (C=O) groups excluding carboxylic acids is 2. The molecule has 0 aliphatic heterocycles. The average molecular weight is 367 g/mol. The zero-order valence-electron chi connectivity index (χ0n) is 16.8. The summed E-state index contributed by atoms with van der Waals surface area (Å²) in [5.74, 6) is 0.980. The maximum absolute atomic E-state index is 12.0. The number of hydrogen-bond donors (Lipinski definition) is 1. The van der Waals surface area contributed by atoms with Gasteiger partial charge in [0.2, 0.25) is 0 Å². The van der Waals surface area contributed by atoms with Gasteiger partial charge in [-0.05, 0) is 50.0 Å². The lowest BCUT2D eigenvalue weighted by molar-refractivity contribution is -0.150. The molecule has 4 nitrogen and oxygen atoms in total. The van der Waals surface area contributed by atoms with Gasteiger partial charge >= 0.3 is 5.97 Å². The van der Waals surface area contributed by atoms with Gasteiger partial charge in [-0.2, -0.15) is 0 Å². The Hall–Kier alpha value is -1.16. The van der Waals surface area contributed by atoms with E-state index in [4.69, 9.17) is 0 Å². The molecular formula is C22H38O4. The Morgan fingerprint density at radius 1 is 1.12 bits per heavy atom. The second-order valence-electron chi connectivity index (χ2n) is 7.67. The SMILES string of the molecule is CCCCCCC(=O)C=C[C@H]1CCC[C@@H]1CCCCCC(O)C(=O)OC. The molecule has 4 heteroatoms. The van der Waals surface area contributed by atoms with E-state index in [-0.39, 0.29) is 5.78 Å². The van der Waals surface area contributed by atoms with Crippen LogP contribution >= 0.6 is 0 Å². The Morgan fingerprint density at radius 3 is 2.62 bits per heavy atom. The fraction of sp³-hybridized carbons (Fsp3) is 0.818. The monoisotopic (exact) mass is 366 g/mol. The molecular weight excluding hydrogens is 328 g/mol. The summed E-state index contributed by atoms with van der Waals surface area (Å²) in [6, 6.07) is 0. The number of rotatable bonds is 14. The van der Waals surface area contributed by atoms with E-state index in [9.17, 15) is 14.7 Å². The molecule has 1 rings (SSSR count). The third-order valence-corrected chi connectivity index (χ3v) is 5.55. The number of allylic oxidation sites excluding steroid dienone is 2. The molecule has 0 spiro atoms. The highest BCUT2D eigenvalue weighted by Gasteiger charge is 2.24. The Labute approximate surface area is 159 Å². The average Bonchev–Trinajstić information content (AvgIpc) is 3.09. The smallest absolute Gasteiger partial charge is 0.334 e. The summed E-state index contributed by atoms with van der Waals surface area (Å²) in [5.41, 5.74) is 0. The van der Waals surface area contributed by atoms with Crippen molar-refractivity contribution in [3.05, 3.63) is 12.2 Å². The van der Waals surface area contributed by atoms with Crippen LogP contribution in [0.4, 0.5) is 0 Å². The number of hydrogen-bond acceptors (Lipinski definition) is 4. The van der Waals surface area contributed by atoms with Gasteiger partial charge < -0.3 is 9.84 Å². The third kappa shape index (κ3) is 9.51. The highest BCUT2D eigenvalue weighted by Crippen LogP contribution is 2.36. The van der Waals surface area contributed by atoms with Gasteiger partial charge in [0.05, 0.1) is 7.11 Å². The molecule has 150 valence electrons. The van der Waals surface area contributed by atoms with Crippen molar-refractivity contribution in [2.75, 3.05) is 7.11 Å². The predicted octanol–water partition coefficient (Wildman–Crippen LogP) is 4.98. The highest BCUT2D eigenvalue weighted by molar-refractivity contribution is 5.89. The zero-order valence-corrected chi connectivity index (χ0v) is 16.8. The fourth-order valence-electron chi connectivity index (χ4n) is 3.89. The van der Waals surface area contributed by atoms with Crippen LogP contribution in [-0.4, -0.2) is 30.1 Å². The summed E-state index contributed by atoms with van der Waals surface area (Å²) in [7, 11) is 1.30. The maximum Gasteiger partial charge on any atom is 0.334 e. The van der Waals surface area contributed by atoms with Crippen molar-refractivity contribution in [3.63, 3.8) is 0 Å². The van der Waals surface area contributed by atoms with E-state index < -0.39 is 12.1 Å². The number of ketones is 1. The van der Waals surface area contributed by atoms with Crippen LogP contribution < -0.4 is 0 Å². The van der Waals surface area contributed by atoms with Gasteiger partial charge in [-0.1, -0.05) is 57.9 Å². The van der Waals surface area contributed by atoms with Crippen molar-refractivity contribution in [1.82, 2.24) is 0 Å². The van der Waals surface area contributed by atoms with Crippen LogP contribution in [0.3, 0.4) is 0 Å². The van der Waals surface area contributed by atoms with E-state index in [1.165, 1.54) is 45.6 Å². The Bertz CT molecular complexity index is 430. The molecule has 26 heavy (non-hydrogen) atoms. The number of unbranched alkanes of at least 4 members (excludes halogenated alkanes) is 5. The molecule has 1 saturated carbocycles. The summed E-state index contributed by atoms with van der Waals surface area (Å²) in [5, 5.41) is 9.57. The molecule has 0 amide bonds.